The molecule has 0 radical (unpaired) electrons. The quantitative estimate of drug-likeness (QED) is 0.256. The molecule has 5 rings (SSSR count). The number of aromatic nitrogens is 1. The van der Waals surface area contributed by atoms with E-state index in [-0.39, 0.29) is 40.4 Å². The van der Waals surface area contributed by atoms with Gasteiger partial charge in [-0.2, -0.15) is 30.6 Å². The molecule has 22 heteroatoms. The van der Waals surface area contributed by atoms with Crippen molar-refractivity contribution in [2.45, 2.75) is 56.3 Å². The van der Waals surface area contributed by atoms with Crippen LogP contribution in [0.4, 0.5) is 26.3 Å². The van der Waals surface area contributed by atoms with Crippen LogP contribution < -0.4 is 10.1 Å². The summed E-state index contributed by atoms with van der Waals surface area (Å²) in [6.45, 7) is 5.82. The van der Waals surface area contributed by atoms with Gasteiger partial charge in [0.25, 0.3) is 0 Å². The minimum atomic E-state index is -5.08. The fourth-order valence-electron chi connectivity index (χ4n) is 5.23. The number of carboxylic acid groups (broad SMARTS) is 2. The number of pyridine rings is 1. The molecular formula is C31H32Cl2F6N4O9S. The molecule has 1 amide bonds. The number of halogens is 8. The van der Waals surface area contributed by atoms with Crippen LogP contribution in [0.5, 0.6) is 5.75 Å². The number of rotatable bonds is 6. The average Bonchev–Trinajstić information content (AvgIpc) is 3.47. The van der Waals surface area contributed by atoms with Crippen LogP contribution in [0.15, 0.2) is 41.3 Å². The van der Waals surface area contributed by atoms with Crippen molar-refractivity contribution in [2.24, 2.45) is 0 Å². The van der Waals surface area contributed by atoms with Gasteiger partial charge in [0.2, 0.25) is 15.9 Å². The third-order valence-electron chi connectivity index (χ3n) is 7.68. The summed E-state index contributed by atoms with van der Waals surface area (Å²) >= 11 is 13.1. The Morgan fingerprint density at radius 1 is 0.981 bits per heavy atom. The molecule has 2 aliphatic rings. The molecule has 13 nitrogen and oxygen atoms in total. The molecule has 0 saturated carbocycles. The monoisotopic (exact) mass is 820 g/mol. The Bertz CT molecular complexity index is 1920. The Morgan fingerprint density at radius 2 is 1.55 bits per heavy atom. The van der Waals surface area contributed by atoms with Gasteiger partial charge in [-0.3, -0.25) is 4.79 Å². The normalized spacial score (nSPS) is 18.1. The summed E-state index contributed by atoms with van der Waals surface area (Å²) in [5.74, 6) is -5.32. The van der Waals surface area contributed by atoms with E-state index in [0.717, 1.165) is 20.9 Å². The number of β-amino-alcohol motifs (C(OH)–C–C–N with tert-alkyl or cyclic N) is 1. The summed E-state index contributed by atoms with van der Waals surface area (Å²) in [6, 6.07) is 9.36. The van der Waals surface area contributed by atoms with Gasteiger partial charge in [0, 0.05) is 60.8 Å². The third-order valence-corrected chi connectivity index (χ3v) is 10.5. The van der Waals surface area contributed by atoms with Crippen molar-refractivity contribution < 1.29 is 69.2 Å². The fraction of sp³-hybridized carbons (Fsp3) is 0.419. The summed E-state index contributed by atoms with van der Waals surface area (Å²) < 4.78 is 98.3. The number of para-hydroxylation sites is 1. The van der Waals surface area contributed by atoms with E-state index in [4.69, 9.17) is 47.7 Å². The number of amides is 1. The number of nitrogens with one attached hydrogen (secondary N) is 1. The molecule has 2 saturated heterocycles. The van der Waals surface area contributed by atoms with Crippen LogP contribution in [0.3, 0.4) is 0 Å². The Morgan fingerprint density at radius 3 is 2.09 bits per heavy atom. The number of carboxylic acids is 2. The number of benzene rings is 2. The van der Waals surface area contributed by atoms with E-state index in [1.165, 1.54) is 12.1 Å². The predicted octanol–water partition coefficient (Wildman–Crippen LogP) is 4.56. The Hall–Kier alpha value is -3.95. The van der Waals surface area contributed by atoms with Gasteiger partial charge >= 0.3 is 24.3 Å². The zero-order valence-electron chi connectivity index (χ0n) is 27.6. The summed E-state index contributed by atoms with van der Waals surface area (Å²) in [5, 5.41) is 28.9. The first kappa shape index (κ1) is 43.5. The van der Waals surface area contributed by atoms with Crippen LogP contribution in [0.1, 0.15) is 23.2 Å². The molecule has 3 heterocycles. The van der Waals surface area contributed by atoms with Gasteiger partial charge in [-0.05, 0) is 43.7 Å². The minimum Gasteiger partial charge on any atom is -0.487 e. The lowest BCUT2D eigenvalue weighted by Crippen LogP contribution is -2.53. The standard InChI is InChI=1S/C27H30Cl2N4O5S.2C2HF3O2/c1-16-12-17(2)31-26-19(16)4-3-5-23(26)38-15-20-21(28)6-7-24(25(20)29)39(36,37)33-14-18(34)13-22(33)27(35)32-10-8-30-9-11-32;2*3-2(4,5)1(6)7/h3-7,12,18,22,30,34H,8-11,13-15H2,1-2H3;2*(H,6,7)/t18-,22+;;/m1../s1. The largest absolute Gasteiger partial charge is 0.490 e. The molecule has 2 atom stereocenters. The third kappa shape index (κ3) is 11.0. The maximum Gasteiger partial charge on any atom is 0.490 e. The van der Waals surface area contributed by atoms with E-state index in [1.54, 1.807) is 11.0 Å². The number of aryl methyl sites for hydroxylation is 2. The number of alkyl halides is 6. The number of aliphatic hydroxyl groups is 1. The zero-order valence-corrected chi connectivity index (χ0v) is 30.0. The van der Waals surface area contributed by atoms with Crippen molar-refractivity contribution in [3.63, 3.8) is 0 Å². The first-order chi connectivity index (χ1) is 24.5. The number of carbonyl (C=O) groups excluding carboxylic acids is 1. The second kappa shape index (κ2) is 17.5. The molecule has 0 bridgehead atoms. The second-order valence-corrected chi connectivity index (χ2v) is 14.2. The first-order valence-electron chi connectivity index (χ1n) is 15.2. The highest BCUT2D eigenvalue weighted by molar-refractivity contribution is 7.89. The number of hydrogen-bond donors (Lipinski definition) is 4. The Labute approximate surface area is 308 Å². The molecule has 53 heavy (non-hydrogen) atoms. The van der Waals surface area contributed by atoms with Crippen molar-refractivity contribution in [3.8, 4) is 5.75 Å². The molecule has 0 aliphatic carbocycles. The summed E-state index contributed by atoms with van der Waals surface area (Å²) in [4.78, 5) is 37.1. The number of ether oxygens (including phenoxy) is 1. The maximum atomic E-state index is 13.8. The number of nitrogens with zero attached hydrogens (tertiary/aromatic N) is 3. The molecule has 4 N–H and O–H groups in total. The molecule has 2 aliphatic heterocycles. The van der Waals surface area contributed by atoms with E-state index in [1.807, 2.05) is 32.0 Å². The number of aliphatic carboxylic acids is 2. The number of sulfonamides is 1. The molecule has 0 spiro atoms. The SMILES string of the molecule is Cc1cc(C)c2cccc(OCc3c(Cl)ccc(S(=O)(=O)N4C[C@H](O)C[C@H]4C(=O)N4CCNCC4)c3Cl)c2n1.O=C(O)C(F)(F)F.O=C(O)C(F)(F)F. The van der Waals surface area contributed by atoms with Crippen LogP contribution in [0.25, 0.3) is 10.9 Å². The molecule has 2 fully saturated rings. The lowest BCUT2D eigenvalue weighted by molar-refractivity contribution is -0.193. The van der Waals surface area contributed by atoms with Crippen LogP contribution in [-0.4, -0.2) is 113 Å². The number of carbonyl (C=O) groups is 3. The van der Waals surface area contributed by atoms with Crippen molar-refractivity contribution in [1.82, 2.24) is 19.5 Å². The summed E-state index contributed by atoms with van der Waals surface area (Å²) in [7, 11) is -4.25. The highest BCUT2D eigenvalue weighted by Gasteiger charge is 2.46. The molecule has 0 unspecified atom stereocenters. The van der Waals surface area contributed by atoms with Crippen molar-refractivity contribution in [3.05, 3.63) is 63.3 Å². The summed E-state index contributed by atoms with van der Waals surface area (Å²) in [5.41, 5.74) is 2.89. The zero-order chi connectivity index (χ0) is 40.1. The lowest BCUT2D eigenvalue weighted by Gasteiger charge is -2.32. The van der Waals surface area contributed by atoms with E-state index in [9.17, 15) is 44.7 Å². The van der Waals surface area contributed by atoms with Gasteiger partial charge in [0.1, 0.15) is 28.8 Å². The molecular weight excluding hydrogens is 789 g/mol. The highest BCUT2D eigenvalue weighted by atomic mass is 35.5. The van der Waals surface area contributed by atoms with Crippen LogP contribution in [0, 0.1) is 13.8 Å². The number of hydrogen-bond acceptors (Lipinski definition) is 9. The Kier molecular flexibility index (Phi) is 14.3. The number of piperazine rings is 1. The fourth-order valence-corrected chi connectivity index (χ4v) is 7.72. The Balaban J connectivity index is 0.000000458. The van der Waals surface area contributed by atoms with E-state index >= 15 is 0 Å². The predicted molar refractivity (Wildman–Crippen MR) is 177 cm³/mol. The average molecular weight is 822 g/mol. The summed E-state index contributed by atoms with van der Waals surface area (Å²) in [6.07, 6.45) is -11.1. The van der Waals surface area contributed by atoms with E-state index in [0.29, 0.717) is 43.0 Å². The molecule has 2 aromatic carbocycles. The maximum absolute atomic E-state index is 13.8. The number of fused-ring (bicyclic) bond motifs is 1. The minimum absolute atomic E-state index is 0.0239. The van der Waals surface area contributed by atoms with E-state index in [2.05, 4.69) is 10.3 Å². The van der Waals surface area contributed by atoms with Crippen LogP contribution >= 0.6 is 23.2 Å². The topological polar surface area (TPSA) is 187 Å². The lowest BCUT2D eigenvalue weighted by atomic mass is 10.1. The first-order valence-corrected chi connectivity index (χ1v) is 17.4. The van der Waals surface area contributed by atoms with Gasteiger partial charge in [-0.15, -0.1) is 0 Å². The number of aliphatic hydroxyl groups excluding tert-OH is 1. The molecule has 292 valence electrons. The van der Waals surface area contributed by atoms with Gasteiger partial charge in [-0.25, -0.2) is 23.0 Å². The molecule has 1 aromatic heterocycles. The van der Waals surface area contributed by atoms with Crippen LogP contribution in [-0.2, 0) is 31.0 Å². The van der Waals surface area contributed by atoms with Crippen molar-refractivity contribution >= 4 is 62.0 Å². The van der Waals surface area contributed by atoms with Crippen LogP contribution in [0.2, 0.25) is 10.0 Å². The van der Waals surface area contributed by atoms with Crippen molar-refractivity contribution in [1.29, 1.82) is 0 Å². The van der Waals surface area contributed by atoms with Gasteiger partial charge in [0.15, 0.2) is 0 Å². The van der Waals surface area contributed by atoms with E-state index < -0.39 is 46.5 Å². The van der Waals surface area contributed by atoms with Gasteiger partial charge < -0.3 is 30.3 Å². The molecule has 3 aromatic rings. The van der Waals surface area contributed by atoms with Crippen molar-refractivity contribution in [2.75, 3.05) is 32.7 Å². The van der Waals surface area contributed by atoms with Gasteiger partial charge in [-0.1, -0.05) is 35.3 Å². The smallest absolute Gasteiger partial charge is 0.487 e. The second-order valence-electron chi connectivity index (χ2n) is 11.5. The van der Waals surface area contributed by atoms with Gasteiger partial charge in [0.05, 0.1) is 11.1 Å². The highest BCUT2D eigenvalue weighted by Crippen LogP contribution is 2.37.